The molecule has 212 valence electrons. The Labute approximate surface area is 244 Å². The van der Waals surface area contributed by atoms with Crippen LogP contribution in [0.3, 0.4) is 0 Å². The number of anilines is 1. The van der Waals surface area contributed by atoms with Gasteiger partial charge >= 0.3 is 0 Å². The summed E-state index contributed by atoms with van der Waals surface area (Å²) >= 11 is 0. The summed E-state index contributed by atoms with van der Waals surface area (Å²) in [5, 5.41) is 12.6. The second-order valence-electron chi connectivity index (χ2n) is 12.3. The Morgan fingerprint density at radius 3 is 2.44 bits per heavy atom. The van der Waals surface area contributed by atoms with Crippen LogP contribution in [0.5, 0.6) is 0 Å². The van der Waals surface area contributed by atoms with Crippen molar-refractivity contribution in [3.05, 3.63) is 104 Å². The van der Waals surface area contributed by atoms with E-state index in [0.717, 1.165) is 38.5 Å². The molecule has 0 heterocycles. The number of ketones is 1. The predicted molar refractivity (Wildman–Crippen MR) is 162 cm³/mol. The molecule has 0 N–H and O–H groups in total. The van der Waals surface area contributed by atoms with Gasteiger partial charge in [-0.25, -0.2) is 4.21 Å². The molecule has 4 aliphatic rings. The lowest BCUT2D eigenvalue weighted by Gasteiger charge is -2.51. The molecule has 3 unspecified atom stereocenters. The quantitative estimate of drug-likeness (QED) is 0.213. The van der Waals surface area contributed by atoms with Crippen molar-refractivity contribution in [1.82, 2.24) is 0 Å². The number of carbonyl (C=O) groups is 1. The Morgan fingerprint density at radius 1 is 1.02 bits per heavy atom. The van der Waals surface area contributed by atoms with Gasteiger partial charge in [-0.1, -0.05) is 24.6 Å². The van der Waals surface area contributed by atoms with Gasteiger partial charge in [0, 0.05) is 60.0 Å². The van der Waals surface area contributed by atoms with Gasteiger partial charge in [-0.3, -0.25) is 14.9 Å². The molecular formula is C34H36N2O4S. The van der Waals surface area contributed by atoms with Gasteiger partial charge in [-0.2, -0.15) is 0 Å². The Kier molecular flexibility index (Phi) is 7.21. The minimum absolute atomic E-state index is 0.0103. The number of non-ortho nitro benzene ring substituents is 1. The van der Waals surface area contributed by atoms with Gasteiger partial charge in [-0.05, 0) is 103 Å². The highest BCUT2D eigenvalue weighted by molar-refractivity contribution is 7.88. The molecule has 0 aromatic heterocycles. The van der Waals surface area contributed by atoms with Gasteiger partial charge in [-0.15, -0.1) is 5.73 Å². The molecule has 7 heteroatoms. The smallest absolute Gasteiger partial charge is 0.269 e. The van der Waals surface area contributed by atoms with Crippen molar-refractivity contribution in [3.8, 4) is 0 Å². The first-order valence-electron chi connectivity index (χ1n) is 14.5. The van der Waals surface area contributed by atoms with Crippen molar-refractivity contribution in [2.24, 2.45) is 17.3 Å². The van der Waals surface area contributed by atoms with E-state index >= 15 is 0 Å². The highest BCUT2D eigenvalue weighted by Crippen LogP contribution is 2.65. The average molecular weight is 569 g/mol. The van der Waals surface area contributed by atoms with Crippen LogP contribution in [0.25, 0.3) is 0 Å². The molecule has 5 atom stereocenters. The van der Waals surface area contributed by atoms with Crippen LogP contribution in [0.1, 0.15) is 63.4 Å². The number of rotatable bonds is 5. The van der Waals surface area contributed by atoms with Gasteiger partial charge < -0.3 is 4.90 Å². The van der Waals surface area contributed by atoms with Crippen LogP contribution in [-0.4, -0.2) is 29.0 Å². The maximum atomic E-state index is 13.1. The summed E-state index contributed by atoms with van der Waals surface area (Å²) in [6, 6.07) is 14.9. The van der Waals surface area contributed by atoms with Gasteiger partial charge in [0.2, 0.25) is 0 Å². The molecule has 2 aromatic rings. The number of benzene rings is 2. The van der Waals surface area contributed by atoms with Gasteiger partial charge in [0.25, 0.3) is 5.69 Å². The molecule has 2 aromatic carbocycles. The third-order valence-corrected chi connectivity index (χ3v) is 11.0. The maximum absolute atomic E-state index is 13.1. The topological polar surface area (TPSA) is 80.5 Å². The lowest BCUT2D eigenvalue weighted by atomic mass is 9.53. The maximum Gasteiger partial charge on any atom is 0.269 e. The third-order valence-electron chi connectivity index (χ3n) is 9.95. The molecule has 6 rings (SSSR count). The van der Waals surface area contributed by atoms with Crippen molar-refractivity contribution in [2.75, 3.05) is 19.0 Å². The zero-order valence-corrected chi connectivity index (χ0v) is 24.7. The number of hydrogen-bond donors (Lipinski definition) is 0. The fourth-order valence-electron chi connectivity index (χ4n) is 7.91. The van der Waals surface area contributed by atoms with Gasteiger partial charge in [0.1, 0.15) is 0 Å². The van der Waals surface area contributed by atoms with Crippen LogP contribution in [0.15, 0.2) is 92.9 Å². The molecule has 0 radical (unpaired) electrons. The van der Waals surface area contributed by atoms with Crippen LogP contribution in [-0.2, 0) is 15.6 Å². The largest absolute Gasteiger partial charge is 0.378 e. The molecule has 0 spiro atoms. The minimum atomic E-state index is -1.43. The molecular weight excluding hydrogens is 532 g/mol. The third kappa shape index (κ3) is 4.96. The van der Waals surface area contributed by atoms with Crippen molar-refractivity contribution < 1.29 is 13.9 Å². The molecule has 0 bridgehead atoms. The van der Waals surface area contributed by atoms with E-state index in [1.165, 1.54) is 40.1 Å². The Hall–Kier alpha value is -3.54. The van der Waals surface area contributed by atoms with Crippen LogP contribution < -0.4 is 4.90 Å². The zero-order valence-electron chi connectivity index (χ0n) is 23.9. The molecule has 0 saturated heterocycles. The first-order chi connectivity index (χ1) is 19.7. The highest BCUT2D eigenvalue weighted by atomic mass is 32.2. The Bertz CT molecular complexity index is 1560. The first-order valence-corrected chi connectivity index (χ1v) is 15.7. The molecule has 0 amide bonds. The minimum Gasteiger partial charge on any atom is -0.378 e. The summed E-state index contributed by atoms with van der Waals surface area (Å²) in [5.41, 5.74) is 11.4. The fraction of sp³-hybridized carbons (Fsp3) is 0.412. The average Bonchev–Trinajstić information content (AvgIpc) is 3.31. The first kappa shape index (κ1) is 27.6. The number of hydrogen-bond acceptors (Lipinski definition) is 5. The summed E-state index contributed by atoms with van der Waals surface area (Å²) in [6.45, 7) is 2.38. The van der Waals surface area contributed by atoms with Crippen molar-refractivity contribution in [2.45, 2.75) is 62.7 Å². The second-order valence-corrected chi connectivity index (χ2v) is 13.6. The van der Waals surface area contributed by atoms with E-state index in [0.29, 0.717) is 23.2 Å². The zero-order chi connectivity index (χ0) is 28.9. The molecule has 6 nitrogen and oxygen atoms in total. The van der Waals surface area contributed by atoms with Crippen LogP contribution >= 0.6 is 0 Å². The lowest BCUT2D eigenvalue weighted by molar-refractivity contribution is -0.384. The van der Waals surface area contributed by atoms with Crippen LogP contribution in [0, 0.1) is 27.4 Å². The number of nitrogens with zero attached hydrogens (tertiary/aromatic N) is 2. The monoisotopic (exact) mass is 568 g/mol. The Morgan fingerprint density at radius 2 is 1.76 bits per heavy atom. The summed E-state index contributed by atoms with van der Waals surface area (Å²) in [7, 11) is 2.68. The summed E-state index contributed by atoms with van der Waals surface area (Å²) in [4.78, 5) is 25.5. The van der Waals surface area contributed by atoms with E-state index in [2.05, 4.69) is 55.9 Å². The highest BCUT2D eigenvalue weighted by Gasteiger charge is 2.54. The van der Waals surface area contributed by atoms with Crippen LogP contribution in [0.2, 0.25) is 0 Å². The molecule has 2 fully saturated rings. The summed E-state index contributed by atoms with van der Waals surface area (Å²) in [5.74, 6) is 1.48. The standard InChI is InChI=1S/C34H36N2O4S/c1-34-21-31(22-4-8-25(9-5-22)35(2)3)33-29-16-12-27(37)20-23(29)6-15-30(33)32(34)17-7-24(34)18-19-41(40)28-13-10-26(11-14-28)36(38)39/h4-5,8-11,13-14,19-20,30-32H,6-7,12,15-17,21H2,1-3H3/t18?,30?,31-,32?,34-,41?/m1/s1. The van der Waals surface area contributed by atoms with E-state index in [9.17, 15) is 19.1 Å². The molecule has 41 heavy (non-hydrogen) atoms. The molecule has 4 aliphatic carbocycles. The summed E-state index contributed by atoms with van der Waals surface area (Å²) in [6.07, 6.45) is 8.39. The van der Waals surface area contributed by atoms with Crippen molar-refractivity contribution >= 4 is 28.0 Å². The summed E-state index contributed by atoms with van der Waals surface area (Å²) < 4.78 is 13.1. The number of nitro benzene ring substituents is 1. The van der Waals surface area contributed by atoms with Crippen molar-refractivity contribution in [1.29, 1.82) is 0 Å². The van der Waals surface area contributed by atoms with E-state index in [4.69, 9.17) is 0 Å². The second kappa shape index (κ2) is 10.7. The van der Waals surface area contributed by atoms with E-state index < -0.39 is 15.7 Å². The molecule has 0 aliphatic heterocycles. The van der Waals surface area contributed by atoms with E-state index in [1.807, 2.05) is 6.08 Å². The van der Waals surface area contributed by atoms with E-state index in [1.54, 1.807) is 23.1 Å². The number of nitro groups is 1. The lowest BCUT2D eigenvalue weighted by Crippen LogP contribution is -2.41. The van der Waals surface area contributed by atoms with E-state index in [-0.39, 0.29) is 22.8 Å². The predicted octanol–water partition coefficient (Wildman–Crippen LogP) is 7.41. The Balaban J connectivity index is 1.40. The SMILES string of the molecule is CN(C)c1ccc([C@H]2C[C@]3(C)C(=C=CS(=O)c4ccc([N+](=O)[O-])cc4)CCC3C3CCC4=CC(=O)CCC4=C32)cc1. The molecule has 2 saturated carbocycles. The normalized spacial score (nSPS) is 27.7. The number of carbonyl (C=O) groups excluding carboxylic acids is 1. The number of allylic oxidation sites excluding steroid dienone is 5. The van der Waals surface area contributed by atoms with Gasteiger partial charge in [0.05, 0.1) is 15.7 Å². The fourth-order valence-corrected chi connectivity index (χ4v) is 8.70. The van der Waals surface area contributed by atoms with Crippen LogP contribution in [0.4, 0.5) is 11.4 Å². The van der Waals surface area contributed by atoms with Gasteiger partial charge in [0.15, 0.2) is 5.78 Å². The van der Waals surface area contributed by atoms with Crippen molar-refractivity contribution in [3.63, 3.8) is 0 Å². The number of fused-ring (bicyclic) bond motifs is 4.